The summed E-state index contributed by atoms with van der Waals surface area (Å²) >= 11 is 0. The van der Waals surface area contributed by atoms with E-state index >= 15 is 0 Å². The van der Waals surface area contributed by atoms with Crippen molar-refractivity contribution in [2.24, 2.45) is 0 Å². The maximum Gasteiger partial charge on any atom is 0.416 e. The summed E-state index contributed by atoms with van der Waals surface area (Å²) in [6, 6.07) is 15.6. The third-order valence-electron chi connectivity index (χ3n) is 6.11. The number of carboxylic acids is 1. The minimum Gasteiger partial charge on any atom is -0.488 e. The molecule has 0 spiro atoms. The lowest BCUT2D eigenvalue weighted by atomic mass is 10.0. The number of carbonyl (C=O) groups is 1. The Kier molecular flexibility index (Phi) is 6.98. The average Bonchev–Trinajstić information content (AvgIpc) is 3.21. The summed E-state index contributed by atoms with van der Waals surface area (Å²) < 4.78 is 61.8. The average molecular weight is 513 g/mol. The summed E-state index contributed by atoms with van der Waals surface area (Å²) in [7, 11) is 0. The van der Waals surface area contributed by atoms with E-state index in [4.69, 9.17) is 10.5 Å². The maximum absolute atomic E-state index is 13.6. The van der Waals surface area contributed by atoms with Crippen molar-refractivity contribution in [1.82, 2.24) is 4.57 Å². The monoisotopic (exact) mass is 512 g/mol. The van der Waals surface area contributed by atoms with Crippen LogP contribution in [0.1, 0.15) is 27.9 Å². The van der Waals surface area contributed by atoms with Crippen LogP contribution in [0.3, 0.4) is 0 Å². The molecule has 0 aliphatic rings. The highest BCUT2D eigenvalue weighted by atomic mass is 19.4. The molecule has 0 saturated carbocycles. The Morgan fingerprint density at radius 1 is 1.00 bits per heavy atom. The molecule has 0 saturated heterocycles. The van der Waals surface area contributed by atoms with Crippen LogP contribution >= 0.6 is 0 Å². The van der Waals surface area contributed by atoms with Gasteiger partial charge in [0.25, 0.3) is 0 Å². The molecule has 4 rings (SSSR count). The number of nitrogen functional groups attached to an aromatic ring is 1. The van der Waals surface area contributed by atoms with Gasteiger partial charge in [0.1, 0.15) is 18.2 Å². The van der Waals surface area contributed by atoms with Gasteiger partial charge < -0.3 is 20.1 Å². The second-order valence-electron chi connectivity index (χ2n) is 8.71. The number of anilines is 1. The molecule has 5 nitrogen and oxygen atoms in total. The third-order valence-corrected chi connectivity index (χ3v) is 6.11. The van der Waals surface area contributed by atoms with Gasteiger partial charge in [-0.3, -0.25) is 4.79 Å². The van der Waals surface area contributed by atoms with Gasteiger partial charge >= 0.3 is 12.1 Å². The zero-order valence-electron chi connectivity index (χ0n) is 20.1. The van der Waals surface area contributed by atoms with Crippen molar-refractivity contribution in [3.8, 4) is 22.7 Å². The summed E-state index contributed by atoms with van der Waals surface area (Å²) in [4.78, 5) is 11.4. The lowest BCUT2D eigenvalue weighted by Gasteiger charge is -2.19. The summed E-state index contributed by atoms with van der Waals surface area (Å²) in [6.07, 6.45) is -4.84. The zero-order valence-corrected chi connectivity index (χ0v) is 20.1. The van der Waals surface area contributed by atoms with E-state index in [1.807, 2.05) is 0 Å². The smallest absolute Gasteiger partial charge is 0.416 e. The van der Waals surface area contributed by atoms with Crippen molar-refractivity contribution in [3.63, 3.8) is 0 Å². The van der Waals surface area contributed by atoms with Crippen LogP contribution in [-0.4, -0.2) is 15.6 Å². The van der Waals surface area contributed by atoms with Crippen LogP contribution in [0.4, 0.5) is 23.2 Å². The van der Waals surface area contributed by atoms with E-state index in [0.29, 0.717) is 39.5 Å². The van der Waals surface area contributed by atoms with Gasteiger partial charge in [-0.15, -0.1) is 0 Å². The van der Waals surface area contributed by atoms with Crippen LogP contribution in [0.2, 0.25) is 0 Å². The summed E-state index contributed by atoms with van der Waals surface area (Å²) in [5, 5.41) is 9.31. The molecule has 0 amide bonds. The van der Waals surface area contributed by atoms with Crippen LogP contribution < -0.4 is 10.5 Å². The number of aryl methyl sites for hydroxylation is 1. The quantitative estimate of drug-likeness (QED) is 0.213. The van der Waals surface area contributed by atoms with Gasteiger partial charge in [-0.2, -0.15) is 13.2 Å². The number of nitrogens with zero attached hydrogens (tertiary/aromatic N) is 1. The Morgan fingerprint density at radius 3 is 2.35 bits per heavy atom. The Morgan fingerprint density at radius 2 is 1.70 bits per heavy atom. The molecule has 0 bridgehead atoms. The lowest BCUT2D eigenvalue weighted by Crippen LogP contribution is -2.09. The van der Waals surface area contributed by atoms with Gasteiger partial charge in [0.2, 0.25) is 0 Å². The molecule has 4 aromatic rings. The van der Waals surface area contributed by atoms with Gasteiger partial charge in [-0.05, 0) is 85.1 Å². The van der Waals surface area contributed by atoms with E-state index in [2.05, 4.69) is 0 Å². The molecule has 0 aliphatic carbocycles. The first kappa shape index (κ1) is 25.8. The predicted molar refractivity (Wildman–Crippen MR) is 132 cm³/mol. The van der Waals surface area contributed by atoms with Crippen LogP contribution in [-0.2, 0) is 24.0 Å². The summed E-state index contributed by atoms with van der Waals surface area (Å²) in [5.74, 6) is -1.24. The third kappa shape index (κ3) is 5.61. The van der Waals surface area contributed by atoms with Crippen molar-refractivity contribution < 1.29 is 32.2 Å². The molecular formula is C28H24F4N2O3. The van der Waals surface area contributed by atoms with Crippen molar-refractivity contribution in [1.29, 1.82) is 0 Å². The van der Waals surface area contributed by atoms with Gasteiger partial charge in [0.15, 0.2) is 0 Å². The van der Waals surface area contributed by atoms with Gasteiger partial charge in [-0.1, -0.05) is 12.1 Å². The van der Waals surface area contributed by atoms with E-state index in [1.165, 1.54) is 30.3 Å². The summed E-state index contributed by atoms with van der Waals surface area (Å²) in [5.41, 5.74) is 9.25. The topological polar surface area (TPSA) is 77.5 Å². The molecule has 0 fully saturated rings. The number of halogens is 4. The lowest BCUT2D eigenvalue weighted by molar-refractivity contribution is -0.138. The molecular weight excluding hydrogens is 488 g/mol. The molecule has 0 radical (unpaired) electrons. The second-order valence-corrected chi connectivity index (χ2v) is 8.71. The summed E-state index contributed by atoms with van der Waals surface area (Å²) in [6.45, 7) is 3.51. The molecule has 1 aromatic heterocycles. The van der Waals surface area contributed by atoms with E-state index in [0.717, 1.165) is 12.1 Å². The Balaban J connectivity index is 1.85. The van der Waals surface area contributed by atoms with Gasteiger partial charge in [-0.25, -0.2) is 4.39 Å². The first-order valence-electron chi connectivity index (χ1n) is 11.3. The van der Waals surface area contributed by atoms with Crippen LogP contribution in [0.15, 0.2) is 66.7 Å². The number of ether oxygens (including phenoxy) is 1. The maximum atomic E-state index is 13.6. The molecule has 0 unspecified atom stereocenters. The number of alkyl halides is 3. The first-order chi connectivity index (χ1) is 17.4. The fraction of sp³-hybridized carbons (Fsp3) is 0.179. The number of hydrogen-bond acceptors (Lipinski definition) is 3. The molecule has 3 N–H and O–H groups in total. The fourth-order valence-electron chi connectivity index (χ4n) is 4.12. The predicted octanol–water partition coefficient (Wildman–Crippen LogP) is 6.71. The van der Waals surface area contributed by atoms with Gasteiger partial charge in [0.05, 0.1) is 17.7 Å². The molecule has 0 atom stereocenters. The van der Waals surface area contributed by atoms with E-state index in [-0.39, 0.29) is 24.3 Å². The zero-order chi connectivity index (χ0) is 26.9. The first-order valence-corrected chi connectivity index (χ1v) is 11.3. The van der Waals surface area contributed by atoms with Crippen molar-refractivity contribution >= 4 is 11.7 Å². The van der Waals surface area contributed by atoms with E-state index in [9.17, 15) is 27.5 Å². The number of benzene rings is 3. The van der Waals surface area contributed by atoms with Crippen molar-refractivity contribution in [2.75, 3.05) is 5.73 Å². The highest BCUT2D eigenvalue weighted by Crippen LogP contribution is 2.39. The van der Waals surface area contributed by atoms with Crippen LogP contribution in [0.5, 0.6) is 5.75 Å². The van der Waals surface area contributed by atoms with Crippen molar-refractivity contribution in [2.45, 2.75) is 33.1 Å². The normalized spacial score (nSPS) is 11.5. The molecule has 37 heavy (non-hydrogen) atoms. The number of hydrogen-bond donors (Lipinski definition) is 2. The molecule has 3 aromatic carbocycles. The SMILES string of the molecule is Cc1c(N)cc(-n2c(C)ccc2-c2cc(C(F)(F)F)ccc2OCc2ccc(F)cc2)cc1CC(=O)O. The Hall–Kier alpha value is -4.27. The number of rotatable bonds is 7. The van der Waals surface area contributed by atoms with Crippen LogP contribution in [0.25, 0.3) is 16.9 Å². The Bertz CT molecular complexity index is 1460. The fourth-order valence-corrected chi connectivity index (χ4v) is 4.12. The number of aliphatic carboxylic acids is 1. The van der Waals surface area contributed by atoms with Crippen LogP contribution in [0, 0.1) is 19.7 Å². The van der Waals surface area contributed by atoms with Gasteiger partial charge in [0, 0.05) is 22.6 Å². The van der Waals surface area contributed by atoms with E-state index in [1.54, 1.807) is 42.7 Å². The molecule has 0 aliphatic heterocycles. The standard InChI is InChI=1S/C28H24F4N2O3/c1-16-3-9-25(34(16)22-11-19(12-27(35)36)17(2)24(33)14-22)23-13-20(28(30,31)32)6-10-26(23)37-15-18-4-7-21(29)8-5-18/h3-11,13-14H,12,15,33H2,1-2H3,(H,35,36). The number of aromatic nitrogens is 1. The molecule has 1 heterocycles. The molecule has 192 valence electrons. The molecule has 9 heteroatoms. The highest BCUT2D eigenvalue weighted by Gasteiger charge is 2.32. The highest BCUT2D eigenvalue weighted by molar-refractivity contribution is 5.75. The largest absolute Gasteiger partial charge is 0.488 e. The Labute approximate surface area is 210 Å². The van der Waals surface area contributed by atoms with Crippen molar-refractivity contribution in [3.05, 3.63) is 100 Å². The van der Waals surface area contributed by atoms with E-state index < -0.39 is 23.5 Å². The minimum absolute atomic E-state index is 0.0125. The minimum atomic E-state index is -4.58. The number of carboxylic acid groups (broad SMARTS) is 1. The number of nitrogens with two attached hydrogens (primary N) is 1. The second kappa shape index (κ2) is 10.0.